The van der Waals surface area contributed by atoms with Crippen LogP contribution in [0.3, 0.4) is 0 Å². The summed E-state index contributed by atoms with van der Waals surface area (Å²) in [6.07, 6.45) is 4.14. The third kappa shape index (κ3) is 4.67. The molecule has 0 atom stereocenters. The Bertz CT molecular complexity index is 1250. The maximum absolute atomic E-state index is 13.5. The number of pyridine rings is 1. The lowest BCUT2D eigenvalue weighted by Crippen LogP contribution is -2.30. The fourth-order valence-corrected chi connectivity index (χ4v) is 5.24. The molecule has 0 spiro atoms. The zero-order chi connectivity index (χ0) is 24.4. The zero-order valence-corrected chi connectivity index (χ0v) is 21.2. The first-order chi connectivity index (χ1) is 16.3. The van der Waals surface area contributed by atoms with Crippen molar-refractivity contribution in [3.63, 3.8) is 0 Å². The van der Waals surface area contributed by atoms with Crippen LogP contribution in [0.25, 0.3) is 10.9 Å². The highest BCUT2D eigenvalue weighted by atomic mass is 16.2. The molecule has 5 nitrogen and oxygen atoms in total. The quantitative estimate of drug-likeness (QED) is 0.498. The number of hydrogen-bond donors (Lipinski definition) is 0. The van der Waals surface area contributed by atoms with E-state index < -0.39 is 0 Å². The molecule has 1 aromatic heterocycles. The van der Waals surface area contributed by atoms with Crippen molar-refractivity contribution in [1.29, 1.82) is 0 Å². The maximum Gasteiger partial charge on any atom is 0.258 e. The predicted octanol–water partition coefficient (Wildman–Crippen LogP) is 5.37. The van der Waals surface area contributed by atoms with Crippen LogP contribution in [0.2, 0.25) is 0 Å². The molecule has 34 heavy (non-hydrogen) atoms. The molecule has 2 heterocycles. The number of aryl methyl sites for hydroxylation is 3. The van der Waals surface area contributed by atoms with Gasteiger partial charge in [-0.1, -0.05) is 19.4 Å². The molecule has 1 aliphatic heterocycles. The van der Waals surface area contributed by atoms with Crippen LogP contribution in [-0.4, -0.2) is 42.6 Å². The predicted molar refractivity (Wildman–Crippen MR) is 141 cm³/mol. The largest absolute Gasteiger partial charge is 0.311 e. The van der Waals surface area contributed by atoms with Gasteiger partial charge in [0, 0.05) is 36.3 Å². The van der Waals surface area contributed by atoms with Crippen molar-refractivity contribution in [2.45, 2.75) is 58.9 Å². The van der Waals surface area contributed by atoms with Crippen LogP contribution in [0.15, 0.2) is 47.3 Å². The van der Waals surface area contributed by atoms with Crippen molar-refractivity contribution in [3.8, 4) is 0 Å². The molecular formula is C29H37N3O2. The van der Waals surface area contributed by atoms with Crippen LogP contribution in [0.4, 0.5) is 5.69 Å². The van der Waals surface area contributed by atoms with Crippen molar-refractivity contribution in [3.05, 3.63) is 75.1 Å². The van der Waals surface area contributed by atoms with Gasteiger partial charge in [0.1, 0.15) is 0 Å². The van der Waals surface area contributed by atoms with E-state index in [9.17, 15) is 9.59 Å². The van der Waals surface area contributed by atoms with Gasteiger partial charge in [0.25, 0.3) is 11.5 Å². The van der Waals surface area contributed by atoms with E-state index in [-0.39, 0.29) is 11.5 Å². The molecule has 2 aromatic carbocycles. The lowest BCUT2D eigenvalue weighted by Gasteiger charge is -2.30. The van der Waals surface area contributed by atoms with Gasteiger partial charge in [-0.05, 0) is 106 Å². The summed E-state index contributed by atoms with van der Waals surface area (Å²) in [7, 11) is 3.99. The Morgan fingerprint density at radius 2 is 1.79 bits per heavy atom. The highest BCUT2D eigenvalue weighted by molar-refractivity contribution is 6.07. The number of amides is 1. The number of benzene rings is 2. The summed E-state index contributed by atoms with van der Waals surface area (Å²) >= 11 is 0. The van der Waals surface area contributed by atoms with Crippen molar-refractivity contribution in [2.24, 2.45) is 0 Å². The molecule has 0 aliphatic carbocycles. The van der Waals surface area contributed by atoms with Crippen molar-refractivity contribution < 1.29 is 4.79 Å². The van der Waals surface area contributed by atoms with Crippen molar-refractivity contribution in [2.75, 3.05) is 32.1 Å². The molecule has 1 amide bonds. The van der Waals surface area contributed by atoms with Gasteiger partial charge in [0.05, 0.1) is 5.52 Å². The minimum Gasteiger partial charge on any atom is -0.311 e. The second-order valence-corrected chi connectivity index (χ2v) is 9.72. The van der Waals surface area contributed by atoms with E-state index >= 15 is 0 Å². The molecule has 0 bridgehead atoms. The first-order valence-corrected chi connectivity index (χ1v) is 12.6. The number of fused-ring (bicyclic) bond motifs is 1. The molecular weight excluding hydrogens is 422 g/mol. The van der Waals surface area contributed by atoms with E-state index in [1.165, 1.54) is 11.1 Å². The van der Waals surface area contributed by atoms with Gasteiger partial charge in [0.2, 0.25) is 0 Å². The highest BCUT2D eigenvalue weighted by Gasteiger charge is 2.23. The number of likely N-dealkylation sites (tertiary alicyclic amines) is 1. The standard InChI is InChI=1S/C29H37N3O2/c1-6-8-22-17-24(11-9-20(22)3)31(5)29(34)23-10-12-27-26(18-23)25(19-28(33)32(27)7-2)21-13-15-30(4)16-14-21/h9-12,17-19,21H,6-8,13-16H2,1-5H3. The lowest BCUT2D eigenvalue weighted by molar-refractivity contribution is 0.0993. The molecule has 0 radical (unpaired) electrons. The summed E-state index contributed by atoms with van der Waals surface area (Å²) in [5.74, 6) is 0.312. The van der Waals surface area contributed by atoms with Crippen LogP contribution in [0, 0.1) is 6.92 Å². The van der Waals surface area contributed by atoms with E-state index in [0.717, 1.165) is 60.9 Å². The van der Waals surface area contributed by atoms with E-state index in [4.69, 9.17) is 0 Å². The number of carbonyl (C=O) groups is 1. The fraction of sp³-hybridized carbons (Fsp3) is 0.448. The SMILES string of the molecule is CCCc1cc(N(C)C(=O)c2ccc3c(c2)c(C2CCN(C)CC2)cc(=O)n3CC)ccc1C. The molecule has 1 saturated heterocycles. The average Bonchev–Trinajstić information content (AvgIpc) is 2.84. The third-order valence-electron chi connectivity index (χ3n) is 7.41. The average molecular weight is 460 g/mol. The summed E-state index contributed by atoms with van der Waals surface area (Å²) < 4.78 is 1.81. The van der Waals surface area contributed by atoms with Gasteiger partial charge >= 0.3 is 0 Å². The lowest BCUT2D eigenvalue weighted by atomic mass is 9.87. The number of piperidine rings is 1. The summed E-state index contributed by atoms with van der Waals surface area (Å²) in [5, 5.41) is 1.03. The van der Waals surface area contributed by atoms with Crippen molar-refractivity contribution in [1.82, 2.24) is 9.47 Å². The molecule has 1 aliphatic rings. The Balaban J connectivity index is 1.75. The number of carbonyl (C=O) groups excluding carboxylic acids is 1. The molecule has 0 N–H and O–H groups in total. The molecule has 5 heteroatoms. The normalized spacial score (nSPS) is 15.1. The van der Waals surface area contributed by atoms with Gasteiger partial charge in [-0.15, -0.1) is 0 Å². The minimum absolute atomic E-state index is 0.0308. The maximum atomic E-state index is 13.5. The van der Waals surface area contributed by atoms with Crippen LogP contribution in [0.1, 0.15) is 66.1 Å². The van der Waals surface area contributed by atoms with E-state index in [1.54, 1.807) is 4.90 Å². The topological polar surface area (TPSA) is 45.6 Å². The number of anilines is 1. The first kappa shape index (κ1) is 24.2. The minimum atomic E-state index is -0.0308. The molecule has 3 aromatic rings. The molecule has 1 fully saturated rings. The van der Waals surface area contributed by atoms with Gasteiger partial charge in [-0.2, -0.15) is 0 Å². The fourth-order valence-electron chi connectivity index (χ4n) is 5.24. The van der Waals surface area contributed by atoms with Crippen LogP contribution < -0.4 is 10.5 Å². The molecule has 0 unspecified atom stereocenters. The van der Waals surface area contributed by atoms with Gasteiger partial charge < -0.3 is 14.4 Å². The number of rotatable bonds is 6. The van der Waals surface area contributed by atoms with Crippen molar-refractivity contribution >= 4 is 22.5 Å². The zero-order valence-electron chi connectivity index (χ0n) is 21.2. The van der Waals surface area contributed by atoms with Gasteiger partial charge in [0.15, 0.2) is 0 Å². The third-order valence-corrected chi connectivity index (χ3v) is 7.41. The molecule has 0 saturated carbocycles. The first-order valence-electron chi connectivity index (χ1n) is 12.6. The van der Waals surface area contributed by atoms with Gasteiger partial charge in [-0.25, -0.2) is 0 Å². The van der Waals surface area contributed by atoms with E-state index in [0.29, 0.717) is 18.0 Å². The Morgan fingerprint density at radius 1 is 1.06 bits per heavy atom. The summed E-state index contributed by atoms with van der Waals surface area (Å²) in [6.45, 7) is 8.95. The Kier molecular flexibility index (Phi) is 7.22. The van der Waals surface area contributed by atoms with Gasteiger partial charge in [-0.3, -0.25) is 9.59 Å². The Labute approximate surface area is 203 Å². The van der Waals surface area contributed by atoms with E-state index in [2.05, 4.69) is 37.9 Å². The second kappa shape index (κ2) is 10.1. The highest BCUT2D eigenvalue weighted by Crippen LogP contribution is 2.33. The van der Waals surface area contributed by atoms with Crippen LogP contribution in [0.5, 0.6) is 0 Å². The summed E-state index contributed by atoms with van der Waals surface area (Å²) in [6, 6.07) is 13.9. The number of aromatic nitrogens is 1. The second-order valence-electron chi connectivity index (χ2n) is 9.72. The van der Waals surface area contributed by atoms with E-state index in [1.807, 2.05) is 48.9 Å². The van der Waals surface area contributed by atoms with Crippen LogP contribution >= 0.6 is 0 Å². The van der Waals surface area contributed by atoms with Crippen LogP contribution in [-0.2, 0) is 13.0 Å². The monoisotopic (exact) mass is 459 g/mol. The summed E-state index contributed by atoms with van der Waals surface area (Å²) in [5.41, 5.74) is 6.17. The number of nitrogens with zero attached hydrogens (tertiary/aromatic N) is 3. The summed E-state index contributed by atoms with van der Waals surface area (Å²) in [4.78, 5) is 30.5. The molecule has 180 valence electrons. The smallest absolute Gasteiger partial charge is 0.258 e. The Morgan fingerprint density at radius 3 is 2.47 bits per heavy atom. The Hall–Kier alpha value is -2.92. The number of hydrogen-bond acceptors (Lipinski definition) is 3. The molecule has 4 rings (SSSR count).